The second-order valence-corrected chi connectivity index (χ2v) is 17.7. The molecule has 0 heterocycles. The van der Waals surface area contributed by atoms with Gasteiger partial charge < -0.3 is 4.90 Å². The quantitative estimate of drug-likeness (QED) is 0.145. The predicted molar refractivity (Wildman–Crippen MR) is 273 cm³/mol. The van der Waals surface area contributed by atoms with Crippen molar-refractivity contribution in [3.8, 4) is 55.6 Å². The normalized spacial score (nSPS) is 12.7. The van der Waals surface area contributed by atoms with Gasteiger partial charge in [-0.15, -0.1) is 0 Å². The van der Waals surface area contributed by atoms with Crippen molar-refractivity contribution in [2.75, 3.05) is 4.90 Å². The minimum Gasteiger partial charge on any atom is -0.310 e. The zero-order chi connectivity index (χ0) is 42.8. The molecule has 0 fully saturated rings. The Balaban J connectivity index is 1.19. The Morgan fingerprint density at radius 1 is 0.266 bits per heavy atom. The molecule has 12 rings (SSSR count). The van der Waals surface area contributed by atoms with Gasteiger partial charge in [0.25, 0.3) is 0 Å². The summed E-state index contributed by atoms with van der Waals surface area (Å²) in [6.45, 7) is 4.75. The summed E-state index contributed by atoms with van der Waals surface area (Å²) in [5.41, 5.74) is 18.0. The van der Waals surface area contributed by atoms with Crippen LogP contribution in [-0.2, 0) is 5.41 Å². The molecule has 0 N–H and O–H groups in total. The minimum atomic E-state index is -0.166. The first-order valence-electron chi connectivity index (χ1n) is 22.3. The topological polar surface area (TPSA) is 3.24 Å². The number of rotatable bonds is 7. The third kappa shape index (κ3) is 6.23. The fraction of sp³-hybridized carbons (Fsp3) is 0.0476. The number of nitrogens with zero attached hydrogens (tertiary/aromatic N) is 1. The SMILES string of the molecule is CC1(C)c2ccccc2-c2ccc(N(c3ccc(-c4ccccc4)cc3)c3cc4c5ccccc5c5ccccc5c4cc3-c3cc(-c4ccccc4)cc(-c4ccccc4)c3)cc21. The number of hydrogen-bond donors (Lipinski definition) is 0. The van der Waals surface area contributed by atoms with Gasteiger partial charge in [-0.25, -0.2) is 0 Å². The van der Waals surface area contributed by atoms with E-state index in [9.17, 15) is 0 Å². The lowest BCUT2D eigenvalue weighted by atomic mass is 9.82. The molecule has 0 saturated carbocycles. The van der Waals surface area contributed by atoms with Crippen LogP contribution in [0.2, 0.25) is 0 Å². The van der Waals surface area contributed by atoms with Crippen molar-refractivity contribution in [2.45, 2.75) is 19.3 Å². The molecule has 0 bridgehead atoms. The van der Waals surface area contributed by atoms with Gasteiger partial charge in [0.05, 0.1) is 5.69 Å². The van der Waals surface area contributed by atoms with Crippen molar-refractivity contribution >= 4 is 49.4 Å². The Bertz CT molecular complexity index is 3490. The number of anilines is 3. The lowest BCUT2D eigenvalue weighted by molar-refractivity contribution is 0.660. The summed E-state index contributed by atoms with van der Waals surface area (Å²) in [6.07, 6.45) is 0. The molecule has 0 saturated heterocycles. The summed E-state index contributed by atoms with van der Waals surface area (Å²) in [7, 11) is 0. The second kappa shape index (κ2) is 15.1. The molecular formula is C63H45N. The summed E-state index contributed by atoms with van der Waals surface area (Å²) in [6, 6.07) is 87.5. The van der Waals surface area contributed by atoms with E-state index < -0.39 is 0 Å². The van der Waals surface area contributed by atoms with Gasteiger partial charge in [0.1, 0.15) is 0 Å². The van der Waals surface area contributed by atoms with Crippen LogP contribution in [0.4, 0.5) is 17.1 Å². The van der Waals surface area contributed by atoms with Crippen LogP contribution in [0, 0.1) is 0 Å². The van der Waals surface area contributed by atoms with E-state index in [0.29, 0.717) is 0 Å². The van der Waals surface area contributed by atoms with Crippen molar-refractivity contribution in [3.63, 3.8) is 0 Å². The van der Waals surface area contributed by atoms with E-state index >= 15 is 0 Å². The smallest absolute Gasteiger partial charge is 0.0546 e. The highest BCUT2D eigenvalue weighted by Gasteiger charge is 2.36. The molecule has 1 aliphatic carbocycles. The van der Waals surface area contributed by atoms with E-state index in [4.69, 9.17) is 0 Å². The maximum atomic E-state index is 2.52. The van der Waals surface area contributed by atoms with E-state index in [2.05, 4.69) is 255 Å². The molecular weight excluding hydrogens is 771 g/mol. The van der Waals surface area contributed by atoms with Gasteiger partial charge in [0.2, 0.25) is 0 Å². The van der Waals surface area contributed by atoms with Gasteiger partial charge in [0.15, 0.2) is 0 Å². The van der Waals surface area contributed by atoms with Crippen molar-refractivity contribution < 1.29 is 0 Å². The standard InChI is InChI=1S/C63H45N/c1-63(2)60-29-17-16-28-55(60)56-35-34-50(39-61(56)63)64(49-32-30-45(31-33-49)42-18-6-3-7-19-42)62-41-59-54-27-15-13-25-52(54)51-24-12-14-26-53(51)58(59)40-57(62)48-37-46(43-20-8-4-9-21-43)36-47(38-48)44-22-10-5-11-23-44/h3-41H,1-2H3. The molecule has 0 amide bonds. The van der Waals surface area contributed by atoms with E-state index in [0.717, 1.165) is 28.2 Å². The predicted octanol–water partition coefficient (Wildman–Crippen LogP) is 17.6. The number of benzene rings is 11. The summed E-state index contributed by atoms with van der Waals surface area (Å²) in [5, 5.41) is 7.50. The molecule has 1 heteroatoms. The number of hydrogen-bond acceptors (Lipinski definition) is 1. The highest BCUT2D eigenvalue weighted by molar-refractivity contribution is 6.27. The Hall–Kier alpha value is -8.00. The largest absolute Gasteiger partial charge is 0.310 e. The Morgan fingerprint density at radius 3 is 1.27 bits per heavy atom. The third-order valence-electron chi connectivity index (χ3n) is 13.6. The molecule has 11 aromatic rings. The molecule has 64 heavy (non-hydrogen) atoms. The monoisotopic (exact) mass is 815 g/mol. The third-order valence-corrected chi connectivity index (χ3v) is 13.6. The van der Waals surface area contributed by atoms with Gasteiger partial charge >= 0.3 is 0 Å². The molecule has 0 radical (unpaired) electrons. The van der Waals surface area contributed by atoms with Gasteiger partial charge in [-0.05, 0) is 148 Å². The van der Waals surface area contributed by atoms with Crippen LogP contribution in [0.25, 0.3) is 88.0 Å². The van der Waals surface area contributed by atoms with E-state index in [1.165, 1.54) is 88.0 Å². The maximum absolute atomic E-state index is 2.52. The highest BCUT2D eigenvalue weighted by atomic mass is 15.1. The Labute approximate surface area is 375 Å². The molecule has 302 valence electrons. The van der Waals surface area contributed by atoms with E-state index in [1.807, 2.05) is 0 Å². The number of fused-ring (bicyclic) bond motifs is 9. The fourth-order valence-corrected chi connectivity index (χ4v) is 10.4. The lowest BCUT2D eigenvalue weighted by Gasteiger charge is -2.31. The second-order valence-electron chi connectivity index (χ2n) is 17.7. The van der Waals surface area contributed by atoms with Crippen molar-refractivity contribution in [1.29, 1.82) is 0 Å². The minimum absolute atomic E-state index is 0.166. The van der Waals surface area contributed by atoms with Gasteiger partial charge in [-0.1, -0.05) is 196 Å². The van der Waals surface area contributed by atoms with Crippen molar-refractivity contribution in [2.24, 2.45) is 0 Å². The molecule has 0 aromatic heterocycles. The first-order valence-corrected chi connectivity index (χ1v) is 22.3. The molecule has 11 aromatic carbocycles. The molecule has 1 nitrogen and oxygen atoms in total. The van der Waals surface area contributed by atoms with Crippen LogP contribution in [-0.4, -0.2) is 0 Å². The molecule has 0 spiro atoms. The van der Waals surface area contributed by atoms with Crippen molar-refractivity contribution in [3.05, 3.63) is 248 Å². The summed E-state index contributed by atoms with van der Waals surface area (Å²) in [5.74, 6) is 0. The average Bonchev–Trinajstić information content (AvgIpc) is 3.60. The van der Waals surface area contributed by atoms with Crippen LogP contribution >= 0.6 is 0 Å². The molecule has 1 aliphatic rings. The Morgan fingerprint density at radius 2 is 0.688 bits per heavy atom. The van der Waals surface area contributed by atoms with Gasteiger partial charge in [-0.2, -0.15) is 0 Å². The zero-order valence-corrected chi connectivity index (χ0v) is 36.0. The first kappa shape index (κ1) is 37.7. The molecule has 0 atom stereocenters. The van der Waals surface area contributed by atoms with Crippen LogP contribution in [0.1, 0.15) is 25.0 Å². The van der Waals surface area contributed by atoms with Crippen molar-refractivity contribution in [1.82, 2.24) is 0 Å². The van der Waals surface area contributed by atoms with Crippen LogP contribution < -0.4 is 4.90 Å². The van der Waals surface area contributed by atoms with E-state index in [-0.39, 0.29) is 5.41 Å². The molecule has 0 unspecified atom stereocenters. The first-order chi connectivity index (χ1) is 31.5. The zero-order valence-electron chi connectivity index (χ0n) is 36.0. The summed E-state index contributed by atoms with van der Waals surface area (Å²) in [4.78, 5) is 2.52. The highest BCUT2D eigenvalue weighted by Crippen LogP contribution is 2.52. The lowest BCUT2D eigenvalue weighted by Crippen LogP contribution is -2.17. The Kier molecular flexibility index (Phi) is 8.91. The molecule has 0 aliphatic heterocycles. The summed E-state index contributed by atoms with van der Waals surface area (Å²) >= 11 is 0. The average molecular weight is 816 g/mol. The van der Waals surface area contributed by atoms with Crippen LogP contribution in [0.15, 0.2) is 237 Å². The fourth-order valence-electron chi connectivity index (χ4n) is 10.4. The summed E-state index contributed by atoms with van der Waals surface area (Å²) < 4.78 is 0. The van der Waals surface area contributed by atoms with Gasteiger partial charge in [-0.3, -0.25) is 0 Å². The van der Waals surface area contributed by atoms with E-state index in [1.54, 1.807) is 0 Å². The van der Waals surface area contributed by atoms with Crippen LogP contribution in [0.3, 0.4) is 0 Å². The van der Waals surface area contributed by atoms with Gasteiger partial charge in [0, 0.05) is 22.4 Å². The maximum Gasteiger partial charge on any atom is 0.0546 e. The van der Waals surface area contributed by atoms with Crippen LogP contribution in [0.5, 0.6) is 0 Å².